The number of fused-ring (bicyclic) bond motifs is 8. The van der Waals surface area contributed by atoms with Crippen LogP contribution in [0.25, 0.3) is 11.1 Å². The maximum Gasteiger partial charge on any atom is 0.338 e. The van der Waals surface area contributed by atoms with Crippen LogP contribution >= 0.6 is 0 Å². The second kappa shape index (κ2) is 11.6. The van der Waals surface area contributed by atoms with Crippen LogP contribution in [-0.2, 0) is 34.0 Å². The maximum absolute atomic E-state index is 12.5. The van der Waals surface area contributed by atoms with E-state index in [1.54, 1.807) is 0 Å². The molecule has 3 heterocycles. The summed E-state index contributed by atoms with van der Waals surface area (Å²) in [6, 6.07) is 26.1. The van der Waals surface area contributed by atoms with E-state index in [9.17, 15) is 19.2 Å². The molecule has 0 bridgehead atoms. The third kappa shape index (κ3) is 4.43. The molecule has 7 atom stereocenters. The zero-order valence-electron chi connectivity index (χ0n) is 28.2. The second-order valence-electron chi connectivity index (χ2n) is 14.6. The standard InChI is InChI=1S/C42H34O10/c1-47-39(44)26-17-36-33(14-21(26)20-43)50-34-15-22(10-12-31(34)48-36)42(29-8-4-2-6-24(29)25-7-3-5-9-30(25)42)23-11-13-32-35(16-23)51-38-19-28-27(18-37(38)49-32)40(45)52-41(28)46/h2-10,12,14-15,17,20,23,27-28,32,35,37-38H,11,13,16,18-19H2,1H3. The number of esters is 3. The molecule has 0 spiro atoms. The number of hydrogen-bond donors (Lipinski definition) is 0. The normalized spacial score (nSPS) is 28.6. The van der Waals surface area contributed by atoms with Gasteiger partial charge in [0.05, 0.1) is 48.9 Å². The van der Waals surface area contributed by atoms with Gasteiger partial charge in [0.15, 0.2) is 29.3 Å². The van der Waals surface area contributed by atoms with Crippen molar-refractivity contribution in [2.75, 3.05) is 7.11 Å². The second-order valence-corrected chi connectivity index (χ2v) is 14.6. The van der Waals surface area contributed by atoms with Crippen molar-refractivity contribution in [3.8, 4) is 34.1 Å². The lowest BCUT2D eigenvalue weighted by atomic mass is 9.59. The van der Waals surface area contributed by atoms with Gasteiger partial charge in [-0.25, -0.2) is 4.79 Å². The fraction of sp³-hybridized carbons (Fsp3) is 0.333. The average molecular weight is 699 g/mol. The van der Waals surface area contributed by atoms with Crippen molar-refractivity contribution in [3.63, 3.8) is 0 Å². The van der Waals surface area contributed by atoms with Crippen LogP contribution in [0.1, 0.15) is 69.5 Å². The topological polar surface area (TPSA) is 124 Å². The fourth-order valence-corrected chi connectivity index (χ4v) is 9.96. The molecule has 6 aliphatic rings. The molecule has 4 aromatic carbocycles. The largest absolute Gasteiger partial charge is 0.465 e. The molecular formula is C42H34O10. The molecule has 2 saturated carbocycles. The van der Waals surface area contributed by atoms with E-state index in [-0.39, 0.29) is 41.5 Å². The van der Waals surface area contributed by atoms with Crippen molar-refractivity contribution in [2.24, 2.45) is 17.8 Å². The smallest absolute Gasteiger partial charge is 0.338 e. The summed E-state index contributed by atoms with van der Waals surface area (Å²) < 4.78 is 36.2. The first-order valence-corrected chi connectivity index (χ1v) is 17.8. The SMILES string of the molecule is COC(=O)c1cc2c(cc1C=O)Oc1cc(C3(C4CCC5OC6CC7C(=O)OC(=O)C7CC6OC5C4)c4ccccc4-c4ccccc43)ccc1O2. The van der Waals surface area contributed by atoms with Crippen LogP contribution in [0.3, 0.4) is 0 Å². The van der Waals surface area contributed by atoms with E-state index in [2.05, 4.69) is 54.6 Å². The molecule has 0 amide bonds. The molecule has 7 unspecified atom stereocenters. The summed E-state index contributed by atoms with van der Waals surface area (Å²) in [5.41, 5.74) is 5.43. The highest BCUT2D eigenvalue weighted by molar-refractivity contribution is 5.99. The number of cyclic esters (lactones) is 2. The first-order valence-electron chi connectivity index (χ1n) is 17.8. The quantitative estimate of drug-likeness (QED) is 0.111. The molecule has 10 rings (SSSR count). The molecule has 0 N–H and O–H groups in total. The van der Waals surface area contributed by atoms with Gasteiger partial charge in [0.2, 0.25) is 0 Å². The Bertz CT molecular complexity index is 2160. The minimum atomic E-state index is -0.642. The number of hydrogen-bond acceptors (Lipinski definition) is 10. The summed E-state index contributed by atoms with van der Waals surface area (Å²) in [6.07, 6.45) is 2.95. The third-order valence-corrected chi connectivity index (χ3v) is 12.2. The van der Waals surface area contributed by atoms with Gasteiger partial charge in [-0.15, -0.1) is 0 Å². The van der Waals surface area contributed by atoms with E-state index in [1.807, 2.05) is 12.1 Å². The molecule has 52 heavy (non-hydrogen) atoms. The first-order chi connectivity index (χ1) is 25.4. The molecule has 3 aliphatic carbocycles. The van der Waals surface area contributed by atoms with Crippen LogP contribution in [0, 0.1) is 17.8 Å². The van der Waals surface area contributed by atoms with Crippen LogP contribution < -0.4 is 9.47 Å². The van der Waals surface area contributed by atoms with Crippen LogP contribution in [-0.4, -0.2) is 55.7 Å². The van der Waals surface area contributed by atoms with Crippen molar-refractivity contribution < 1.29 is 47.6 Å². The van der Waals surface area contributed by atoms with Crippen LogP contribution in [0.15, 0.2) is 78.9 Å². The van der Waals surface area contributed by atoms with Crippen molar-refractivity contribution >= 4 is 24.2 Å². The predicted molar refractivity (Wildman–Crippen MR) is 183 cm³/mol. The summed E-state index contributed by atoms with van der Waals surface area (Å²) in [4.78, 5) is 49.2. The van der Waals surface area contributed by atoms with Gasteiger partial charge < -0.3 is 28.4 Å². The highest BCUT2D eigenvalue weighted by Crippen LogP contribution is 2.61. The molecule has 10 heteroatoms. The summed E-state index contributed by atoms with van der Waals surface area (Å²) in [5.74, 6) is -0.764. The van der Waals surface area contributed by atoms with Crippen LogP contribution in [0.4, 0.5) is 0 Å². The molecule has 2 saturated heterocycles. The Morgan fingerprint density at radius 3 is 1.96 bits per heavy atom. The number of benzene rings is 4. The number of carbonyl (C=O) groups excluding carboxylic acids is 4. The molecule has 0 radical (unpaired) electrons. The van der Waals surface area contributed by atoms with Gasteiger partial charge in [-0.3, -0.25) is 14.4 Å². The average Bonchev–Trinajstić information content (AvgIpc) is 3.63. The van der Waals surface area contributed by atoms with E-state index in [0.717, 1.165) is 18.4 Å². The minimum Gasteiger partial charge on any atom is -0.465 e. The molecule has 4 aromatic rings. The summed E-state index contributed by atoms with van der Waals surface area (Å²) in [7, 11) is 1.26. The summed E-state index contributed by atoms with van der Waals surface area (Å²) in [5, 5.41) is 0. The molecular weight excluding hydrogens is 664 g/mol. The monoisotopic (exact) mass is 698 g/mol. The Morgan fingerprint density at radius 2 is 1.29 bits per heavy atom. The highest BCUT2D eigenvalue weighted by atomic mass is 16.6. The Kier molecular flexibility index (Phi) is 7.01. The summed E-state index contributed by atoms with van der Waals surface area (Å²) in [6.45, 7) is 0. The molecule has 3 aliphatic heterocycles. The van der Waals surface area contributed by atoms with Gasteiger partial charge in [0, 0.05) is 11.0 Å². The number of aldehydes is 1. The zero-order valence-corrected chi connectivity index (χ0v) is 28.2. The molecule has 4 fully saturated rings. The van der Waals surface area contributed by atoms with E-state index in [1.165, 1.54) is 41.5 Å². The van der Waals surface area contributed by atoms with E-state index >= 15 is 0 Å². The molecule has 10 nitrogen and oxygen atoms in total. The predicted octanol–water partition coefficient (Wildman–Crippen LogP) is 6.93. The van der Waals surface area contributed by atoms with Crippen molar-refractivity contribution in [3.05, 3.63) is 107 Å². The van der Waals surface area contributed by atoms with Gasteiger partial charge in [-0.2, -0.15) is 0 Å². The van der Waals surface area contributed by atoms with Gasteiger partial charge in [0.1, 0.15) is 0 Å². The Morgan fingerprint density at radius 1 is 0.692 bits per heavy atom. The van der Waals surface area contributed by atoms with E-state index in [0.29, 0.717) is 48.5 Å². The number of methoxy groups -OCH3 is 1. The zero-order chi connectivity index (χ0) is 35.3. The molecule has 262 valence electrons. The van der Waals surface area contributed by atoms with Crippen molar-refractivity contribution in [1.29, 1.82) is 0 Å². The van der Waals surface area contributed by atoms with Gasteiger partial charge in [-0.1, -0.05) is 54.6 Å². The van der Waals surface area contributed by atoms with Gasteiger partial charge >= 0.3 is 17.9 Å². The summed E-state index contributed by atoms with van der Waals surface area (Å²) >= 11 is 0. The van der Waals surface area contributed by atoms with Crippen molar-refractivity contribution in [2.45, 2.75) is 61.9 Å². The number of ether oxygens (including phenoxy) is 6. The Hall–Kier alpha value is -5.32. The van der Waals surface area contributed by atoms with Gasteiger partial charge in [0.25, 0.3) is 0 Å². The minimum absolute atomic E-state index is 0.0900. The van der Waals surface area contributed by atoms with Crippen LogP contribution in [0.2, 0.25) is 0 Å². The Balaban J connectivity index is 1.05. The first kappa shape index (κ1) is 31.4. The maximum atomic E-state index is 12.5. The van der Waals surface area contributed by atoms with E-state index in [4.69, 9.17) is 28.4 Å². The molecule has 0 aromatic heterocycles. The lowest BCUT2D eigenvalue weighted by molar-refractivity contribution is -0.252. The van der Waals surface area contributed by atoms with E-state index < -0.39 is 35.2 Å². The lowest BCUT2D eigenvalue weighted by Gasteiger charge is -2.51. The lowest BCUT2D eigenvalue weighted by Crippen LogP contribution is -2.56. The van der Waals surface area contributed by atoms with Crippen LogP contribution in [0.5, 0.6) is 23.0 Å². The van der Waals surface area contributed by atoms with Gasteiger partial charge in [-0.05, 0) is 90.1 Å². The fourth-order valence-electron chi connectivity index (χ4n) is 9.96. The number of carbonyl (C=O) groups is 4. The highest BCUT2D eigenvalue weighted by Gasteiger charge is 2.57. The third-order valence-electron chi connectivity index (χ3n) is 12.2. The number of rotatable bonds is 4. The Labute approximate surface area is 298 Å². The van der Waals surface area contributed by atoms with Crippen molar-refractivity contribution in [1.82, 2.24) is 0 Å².